The van der Waals surface area contributed by atoms with Crippen LogP contribution in [0.2, 0.25) is 0 Å². The molecule has 0 aromatic heterocycles. The molecule has 1 aromatic rings. The predicted molar refractivity (Wildman–Crippen MR) is 105 cm³/mol. The van der Waals surface area contributed by atoms with Crippen molar-refractivity contribution in [1.82, 2.24) is 0 Å². The minimum absolute atomic E-state index is 0.143. The number of carboxylic acid groups (broad SMARTS) is 1. The van der Waals surface area contributed by atoms with Gasteiger partial charge in [-0.2, -0.15) is 13.2 Å². The second-order valence-electron chi connectivity index (χ2n) is 7.45. The zero-order valence-corrected chi connectivity index (χ0v) is 16.3. The van der Waals surface area contributed by atoms with Gasteiger partial charge in [0.2, 0.25) is 0 Å². The number of aromatic carboxylic acids is 1. The Kier molecular flexibility index (Phi) is 6.56. The SMILES string of the molecule is C#CC1CCN(c2ccc(C(=O)O)c(N(C(=O)C(F)(F)F)C3CCOCC3)c2)CC1. The average Bonchev–Trinajstić information content (AvgIpc) is 2.74. The number of carbonyl (C=O) groups excluding carboxylic acids is 1. The molecule has 0 spiro atoms. The van der Waals surface area contributed by atoms with Crippen molar-refractivity contribution in [3.05, 3.63) is 23.8 Å². The molecule has 9 heteroatoms. The van der Waals surface area contributed by atoms with Crippen LogP contribution in [0.1, 0.15) is 36.0 Å². The van der Waals surface area contributed by atoms with Crippen LogP contribution in [-0.4, -0.2) is 55.5 Å². The first kappa shape index (κ1) is 22.0. The van der Waals surface area contributed by atoms with Crippen LogP contribution in [0.15, 0.2) is 18.2 Å². The lowest BCUT2D eigenvalue weighted by atomic mass is 9.97. The minimum Gasteiger partial charge on any atom is -0.478 e. The average molecular weight is 424 g/mol. The van der Waals surface area contributed by atoms with Crippen molar-refractivity contribution in [2.75, 3.05) is 36.1 Å². The topological polar surface area (TPSA) is 70.1 Å². The molecule has 3 rings (SSSR count). The first-order valence-electron chi connectivity index (χ1n) is 9.79. The monoisotopic (exact) mass is 424 g/mol. The third-order valence-corrected chi connectivity index (χ3v) is 5.58. The van der Waals surface area contributed by atoms with Crippen LogP contribution < -0.4 is 9.80 Å². The number of amides is 1. The summed E-state index contributed by atoms with van der Waals surface area (Å²) in [4.78, 5) is 26.7. The molecule has 2 aliphatic rings. The molecule has 0 saturated carbocycles. The summed E-state index contributed by atoms with van der Waals surface area (Å²) in [5.41, 5.74) is -0.0212. The summed E-state index contributed by atoms with van der Waals surface area (Å²) in [6, 6.07) is 3.40. The van der Waals surface area contributed by atoms with Crippen LogP contribution in [0.4, 0.5) is 24.5 Å². The summed E-state index contributed by atoms with van der Waals surface area (Å²) < 4.78 is 45.4. The molecule has 30 heavy (non-hydrogen) atoms. The maximum atomic E-state index is 13.4. The summed E-state index contributed by atoms with van der Waals surface area (Å²) in [6.45, 7) is 1.61. The summed E-state index contributed by atoms with van der Waals surface area (Å²) in [5, 5.41) is 9.59. The maximum absolute atomic E-state index is 13.4. The number of nitrogens with zero attached hydrogens (tertiary/aromatic N) is 2. The highest BCUT2D eigenvalue weighted by atomic mass is 19.4. The molecule has 1 aromatic carbocycles. The number of piperidine rings is 1. The molecule has 6 nitrogen and oxygen atoms in total. The van der Waals surface area contributed by atoms with Gasteiger partial charge in [0.25, 0.3) is 0 Å². The van der Waals surface area contributed by atoms with Crippen LogP contribution in [0.5, 0.6) is 0 Å². The van der Waals surface area contributed by atoms with Crippen molar-refractivity contribution < 1.29 is 32.6 Å². The summed E-state index contributed by atoms with van der Waals surface area (Å²) in [5.74, 6) is -0.610. The number of anilines is 2. The van der Waals surface area contributed by atoms with E-state index in [0.717, 1.165) is 12.8 Å². The molecule has 1 amide bonds. The number of halogens is 3. The summed E-state index contributed by atoms with van der Waals surface area (Å²) in [6.07, 6.45) is 2.19. The Balaban J connectivity index is 2.03. The summed E-state index contributed by atoms with van der Waals surface area (Å²) >= 11 is 0. The molecule has 2 aliphatic heterocycles. The van der Waals surface area contributed by atoms with Gasteiger partial charge in [-0.1, -0.05) is 0 Å². The zero-order valence-electron chi connectivity index (χ0n) is 16.3. The molecule has 2 fully saturated rings. The van der Waals surface area contributed by atoms with Gasteiger partial charge in [0.1, 0.15) is 0 Å². The smallest absolute Gasteiger partial charge is 0.471 e. The van der Waals surface area contributed by atoms with E-state index in [1.165, 1.54) is 12.1 Å². The van der Waals surface area contributed by atoms with E-state index < -0.39 is 24.1 Å². The lowest BCUT2D eigenvalue weighted by Gasteiger charge is -2.37. The van der Waals surface area contributed by atoms with Crippen molar-refractivity contribution >= 4 is 23.3 Å². The fourth-order valence-electron chi connectivity index (χ4n) is 3.95. The van der Waals surface area contributed by atoms with Crippen molar-refractivity contribution in [3.8, 4) is 12.3 Å². The van der Waals surface area contributed by atoms with Crippen molar-refractivity contribution in [3.63, 3.8) is 0 Å². The fraction of sp³-hybridized carbons (Fsp3) is 0.524. The van der Waals surface area contributed by atoms with Crippen LogP contribution >= 0.6 is 0 Å². The van der Waals surface area contributed by atoms with Crippen LogP contribution in [-0.2, 0) is 9.53 Å². The largest absolute Gasteiger partial charge is 0.478 e. The predicted octanol–water partition coefficient (Wildman–Crippen LogP) is 3.31. The van der Waals surface area contributed by atoms with Crippen molar-refractivity contribution in [2.45, 2.75) is 37.9 Å². The van der Waals surface area contributed by atoms with Gasteiger partial charge < -0.3 is 19.6 Å². The number of benzene rings is 1. The Morgan fingerprint density at radius 1 is 1.17 bits per heavy atom. The third kappa shape index (κ3) is 4.70. The molecular formula is C21H23F3N2O4. The molecule has 0 radical (unpaired) electrons. The standard InChI is InChI=1S/C21H23F3N2O4/c1-2-14-5-9-25(10-6-14)16-3-4-17(19(27)28)18(13-16)26(20(29)21(22,23)24)15-7-11-30-12-8-15/h1,3-4,13-15H,5-12H2,(H,27,28). The van der Waals surface area contributed by atoms with Gasteiger partial charge >= 0.3 is 18.1 Å². The Bertz CT molecular complexity index is 836. The highest BCUT2D eigenvalue weighted by Gasteiger charge is 2.46. The van der Waals surface area contributed by atoms with Crippen LogP contribution in [0.25, 0.3) is 0 Å². The zero-order chi connectivity index (χ0) is 21.9. The van der Waals surface area contributed by atoms with Gasteiger partial charge in [-0.15, -0.1) is 12.3 Å². The molecular weight excluding hydrogens is 401 g/mol. The lowest BCUT2D eigenvalue weighted by Crippen LogP contribution is -2.50. The number of hydrogen-bond acceptors (Lipinski definition) is 4. The number of hydrogen-bond donors (Lipinski definition) is 1. The number of carbonyl (C=O) groups is 2. The van der Waals surface area contributed by atoms with Gasteiger partial charge in [0.05, 0.1) is 11.3 Å². The highest BCUT2D eigenvalue weighted by Crippen LogP contribution is 2.35. The van der Waals surface area contributed by atoms with E-state index >= 15 is 0 Å². The Morgan fingerprint density at radius 2 is 1.80 bits per heavy atom. The number of alkyl halides is 3. The molecule has 0 atom stereocenters. The van der Waals surface area contributed by atoms with E-state index in [2.05, 4.69) is 5.92 Å². The normalized spacial score (nSPS) is 18.7. The first-order chi connectivity index (χ1) is 14.2. The second-order valence-corrected chi connectivity index (χ2v) is 7.45. The molecule has 2 heterocycles. The van der Waals surface area contributed by atoms with Gasteiger partial charge in [-0.25, -0.2) is 4.79 Å². The molecule has 1 N–H and O–H groups in total. The van der Waals surface area contributed by atoms with E-state index in [0.29, 0.717) is 23.7 Å². The lowest BCUT2D eigenvalue weighted by molar-refractivity contribution is -0.171. The van der Waals surface area contributed by atoms with Crippen LogP contribution in [0, 0.1) is 18.3 Å². The Labute approximate surface area is 172 Å². The van der Waals surface area contributed by atoms with Crippen LogP contribution in [0.3, 0.4) is 0 Å². The van der Waals surface area contributed by atoms with Gasteiger partial charge in [0, 0.05) is 44.0 Å². The van der Waals surface area contributed by atoms with Crippen molar-refractivity contribution in [1.29, 1.82) is 0 Å². The number of terminal acetylenes is 1. The van der Waals surface area contributed by atoms with Gasteiger partial charge in [-0.3, -0.25) is 4.79 Å². The van der Waals surface area contributed by atoms with E-state index in [-0.39, 0.29) is 43.2 Å². The maximum Gasteiger partial charge on any atom is 0.471 e. The van der Waals surface area contributed by atoms with E-state index in [1.807, 2.05) is 4.90 Å². The highest BCUT2D eigenvalue weighted by molar-refractivity contribution is 6.05. The number of carboxylic acids is 1. The molecule has 162 valence electrons. The summed E-state index contributed by atoms with van der Waals surface area (Å²) in [7, 11) is 0. The van der Waals surface area contributed by atoms with Crippen molar-refractivity contribution in [2.24, 2.45) is 5.92 Å². The first-order valence-corrected chi connectivity index (χ1v) is 9.79. The van der Waals surface area contributed by atoms with E-state index in [4.69, 9.17) is 11.2 Å². The number of ether oxygens (including phenoxy) is 1. The van der Waals surface area contributed by atoms with E-state index in [9.17, 15) is 27.9 Å². The Hall–Kier alpha value is -2.73. The van der Waals surface area contributed by atoms with Gasteiger partial charge in [-0.05, 0) is 43.9 Å². The molecule has 2 saturated heterocycles. The molecule has 0 aliphatic carbocycles. The quantitative estimate of drug-likeness (QED) is 0.751. The second kappa shape index (κ2) is 8.96. The Morgan fingerprint density at radius 3 is 2.33 bits per heavy atom. The fourth-order valence-corrected chi connectivity index (χ4v) is 3.95. The molecule has 0 unspecified atom stereocenters. The molecule has 0 bridgehead atoms. The minimum atomic E-state index is -5.13. The third-order valence-electron chi connectivity index (χ3n) is 5.58. The van der Waals surface area contributed by atoms with Gasteiger partial charge in [0.15, 0.2) is 0 Å². The number of rotatable bonds is 4. The van der Waals surface area contributed by atoms with E-state index in [1.54, 1.807) is 6.07 Å².